The van der Waals surface area contributed by atoms with E-state index in [1.165, 1.54) is 41.3 Å². The maximum absolute atomic E-state index is 14.7. The Hall–Kier alpha value is -3.43. The highest BCUT2D eigenvalue weighted by Crippen LogP contribution is 2.30. The molecular weight excluding hydrogens is 553 g/mol. The standard InChI is InChI=1S/C30H33ClFN3O4S/c1-21-16-17-24(31)18-28(21)35(40(38,39)26-13-4-3-5-14-26)20-29(36)34(19-23-10-6-9-15-27(23)32)22(2)30(37)33-25-11-7-8-12-25/h3-6,9-10,13-18,22,25H,7-8,11-12,19-20H2,1-2H3,(H,33,37)/t22-/m1/s1. The topological polar surface area (TPSA) is 86.8 Å². The van der Waals surface area contributed by atoms with Crippen LogP contribution in [-0.2, 0) is 26.2 Å². The lowest BCUT2D eigenvalue weighted by molar-refractivity contribution is -0.139. The van der Waals surface area contributed by atoms with Crippen LogP contribution in [0.3, 0.4) is 0 Å². The molecule has 0 heterocycles. The summed E-state index contributed by atoms with van der Waals surface area (Å²) in [5, 5.41) is 3.30. The first kappa shape index (κ1) is 29.6. The van der Waals surface area contributed by atoms with Crippen molar-refractivity contribution in [2.75, 3.05) is 10.8 Å². The molecule has 0 saturated heterocycles. The molecule has 0 radical (unpaired) electrons. The van der Waals surface area contributed by atoms with Crippen LogP contribution in [0, 0.1) is 12.7 Å². The molecule has 4 rings (SSSR count). The Balaban J connectivity index is 1.72. The fourth-order valence-electron chi connectivity index (χ4n) is 4.87. The number of hydrogen-bond acceptors (Lipinski definition) is 4. The van der Waals surface area contributed by atoms with Gasteiger partial charge in [-0.1, -0.05) is 66.9 Å². The van der Waals surface area contributed by atoms with Crippen molar-refractivity contribution in [2.45, 2.75) is 63.1 Å². The van der Waals surface area contributed by atoms with Crippen molar-refractivity contribution in [3.63, 3.8) is 0 Å². The van der Waals surface area contributed by atoms with E-state index in [2.05, 4.69) is 5.32 Å². The Kier molecular flexibility index (Phi) is 9.48. The molecule has 2 amide bonds. The summed E-state index contributed by atoms with van der Waals surface area (Å²) < 4.78 is 43.4. The highest BCUT2D eigenvalue weighted by Gasteiger charge is 2.34. The first-order chi connectivity index (χ1) is 19.1. The number of halogens is 2. The number of sulfonamides is 1. The van der Waals surface area contributed by atoms with Gasteiger partial charge in [0.15, 0.2) is 0 Å². The SMILES string of the molecule is Cc1ccc(Cl)cc1N(CC(=O)N(Cc1ccccc1F)[C@H](C)C(=O)NC1CCCC1)S(=O)(=O)c1ccccc1. The summed E-state index contributed by atoms with van der Waals surface area (Å²) in [4.78, 5) is 28.5. The fourth-order valence-corrected chi connectivity index (χ4v) is 6.53. The third-order valence-electron chi connectivity index (χ3n) is 7.22. The summed E-state index contributed by atoms with van der Waals surface area (Å²) in [6.07, 6.45) is 3.75. The van der Waals surface area contributed by atoms with Crippen LogP contribution in [0.25, 0.3) is 0 Å². The molecule has 1 fully saturated rings. The maximum atomic E-state index is 14.7. The van der Waals surface area contributed by atoms with E-state index in [-0.39, 0.29) is 34.6 Å². The number of nitrogens with one attached hydrogen (secondary N) is 1. The Labute approximate surface area is 240 Å². The van der Waals surface area contributed by atoms with Crippen LogP contribution in [0.4, 0.5) is 10.1 Å². The first-order valence-corrected chi connectivity index (χ1v) is 15.1. The number of carbonyl (C=O) groups excluding carboxylic acids is 2. The number of carbonyl (C=O) groups is 2. The number of amides is 2. The molecule has 0 aromatic heterocycles. The average Bonchev–Trinajstić information content (AvgIpc) is 3.45. The Bertz CT molecular complexity index is 1460. The molecule has 40 heavy (non-hydrogen) atoms. The van der Waals surface area contributed by atoms with E-state index in [4.69, 9.17) is 11.6 Å². The summed E-state index contributed by atoms with van der Waals surface area (Å²) in [5.74, 6) is -1.55. The van der Waals surface area contributed by atoms with E-state index >= 15 is 0 Å². The van der Waals surface area contributed by atoms with Crippen LogP contribution in [0.2, 0.25) is 5.02 Å². The second-order valence-corrected chi connectivity index (χ2v) is 12.3. The van der Waals surface area contributed by atoms with Gasteiger partial charge in [0.1, 0.15) is 18.4 Å². The molecule has 10 heteroatoms. The molecule has 1 aliphatic rings. The zero-order valence-electron chi connectivity index (χ0n) is 22.5. The minimum atomic E-state index is -4.22. The summed E-state index contributed by atoms with van der Waals surface area (Å²) in [7, 11) is -4.22. The minimum absolute atomic E-state index is 0.00476. The van der Waals surface area contributed by atoms with Crippen molar-refractivity contribution < 1.29 is 22.4 Å². The molecule has 1 aliphatic carbocycles. The van der Waals surface area contributed by atoms with E-state index in [9.17, 15) is 22.4 Å². The van der Waals surface area contributed by atoms with E-state index in [1.807, 2.05) is 0 Å². The van der Waals surface area contributed by atoms with E-state index < -0.39 is 34.3 Å². The number of anilines is 1. The van der Waals surface area contributed by atoms with Crippen molar-refractivity contribution in [1.29, 1.82) is 0 Å². The van der Waals surface area contributed by atoms with Gasteiger partial charge >= 0.3 is 0 Å². The van der Waals surface area contributed by atoms with Crippen molar-refractivity contribution in [3.8, 4) is 0 Å². The van der Waals surface area contributed by atoms with Gasteiger partial charge in [0.25, 0.3) is 10.0 Å². The van der Waals surface area contributed by atoms with Gasteiger partial charge in [-0.15, -0.1) is 0 Å². The molecule has 3 aromatic rings. The second kappa shape index (κ2) is 12.8. The summed E-state index contributed by atoms with van der Waals surface area (Å²) in [6.45, 7) is 2.47. The Morgan fingerprint density at radius 2 is 1.68 bits per heavy atom. The molecule has 212 valence electrons. The smallest absolute Gasteiger partial charge is 0.264 e. The molecule has 1 saturated carbocycles. The fraction of sp³-hybridized carbons (Fsp3) is 0.333. The quantitative estimate of drug-likeness (QED) is 0.342. The zero-order valence-corrected chi connectivity index (χ0v) is 24.1. The number of aryl methyl sites for hydroxylation is 1. The van der Waals surface area contributed by atoms with Crippen LogP contribution < -0.4 is 9.62 Å². The zero-order chi connectivity index (χ0) is 28.9. The van der Waals surface area contributed by atoms with Crippen molar-refractivity contribution in [3.05, 3.63) is 94.8 Å². The summed E-state index contributed by atoms with van der Waals surface area (Å²) in [6, 6.07) is 17.6. The van der Waals surface area contributed by atoms with Crippen molar-refractivity contribution in [1.82, 2.24) is 10.2 Å². The van der Waals surface area contributed by atoms with Gasteiger partial charge in [-0.3, -0.25) is 13.9 Å². The molecule has 0 spiro atoms. The number of nitrogens with zero attached hydrogens (tertiary/aromatic N) is 2. The predicted molar refractivity (Wildman–Crippen MR) is 154 cm³/mol. The van der Waals surface area contributed by atoms with Gasteiger partial charge in [0.05, 0.1) is 10.6 Å². The van der Waals surface area contributed by atoms with Crippen LogP contribution in [0.5, 0.6) is 0 Å². The molecule has 1 atom stereocenters. The van der Waals surface area contributed by atoms with Crippen molar-refractivity contribution >= 4 is 39.1 Å². The second-order valence-electron chi connectivity index (χ2n) is 10.0. The van der Waals surface area contributed by atoms with E-state index in [1.54, 1.807) is 50.2 Å². The Morgan fingerprint density at radius 3 is 2.35 bits per heavy atom. The van der Waals surface area contributed by atoms with Crippen LogP contribution >= 0.6 is 11.6 Å². The lowest BCUT2D eigenvalue weighted by Gasteiger charge is -2.33. The monoisotopic (exact) mass is 585 g/mol. The third-order valence-corrected chi connectivity index (χ3v) is 9.23. The lowest BCUT2D eigenvalue weighted by atomic mass is 10.1. The van der Waals surface area contributed by atoms with Gasteiger partial charge in [0, 0.05) is 23.2 Å². The molecule has 1 N–H and O–H groups in total. The summed E-state index contributed by atoms with van der Waals surface area (Å²) in [5.41, 5.74) is 1.04. The average molecular weight is 586 g/mol. The molecule has 0 aliphatic heterocycles. The number of rotatable bonds is 10. The van der Waals surface area contributed by atoms with Gasteiger partial charge in [-0.05, 0) is 62.6 Å². The number of benzene rings is 3. The molecule has 0 unspecified atom stereocenters. The Morgan fingerprint density at radius 1 is 1.02 bits per heavy atom. The van der Waals surface area contributed by atoms with Crippen LogP contribution in [0.15, 0.2) is 77.7 Å². The molecular formula is C30H33ClFN3O4S. The predicted octanol–water partition coefficient (Wildman–Crippen LogP) is 5.46. The third kappa shape index (κ3) is 6.82. The van der Waals surface area contributed by atoms with E-state index in [0.717, 1.165) is 30.0 Å². The lowest BCUT2D eigenvalue weighted by Crippen LogP contribution is -2.52. The largest absolute Gasteiger partial charge is 0.352 e. The minimum Gasteiger partial charge on any atom is -0.352 e. The molecule has 3 aromatic carbocycles. The van der Waals surface area contributed by atoms with E-state index in [0.29, 0.717) is 10.6 Å². The van der Waals surface area contributed by atoms with Crippen LogP contribution in [-0.4, -0.2) is 43.8 Å². The normalized spacial score (nSPS) is 14.5. The van der Waals surface area contributed by atoms with Gasteiger partial charge in [-0.25, -0.2) is 12.8 Å². The first-order valence-electron chi connectivity index (χ1n) is 13.2. The van der Waals surface area contributed by atoms with Crippen LogP contribution in [0.1, 0.15) is 43.7 Å². The highest BCUT2D eigenvalue weighted by molar-refractivity contribution is 7.92. The van der Waals surface area contributed by atoms with Gasteiger partial charge < -0.3 is 10.2 Å². The highest BCUT2D eigenvalue weighted by atomic mass is 35.5. The summed E-state index contributed by atoms with van der Waals surface area (Å²) >= 11 is 6.24. The van der Waals surface area contributed by atoms with Gasteiger partial charge in [0.2, 0.25) is 11.8 Å². The molecule has 0 bridgehead atoms. The molecule has 7 nitrogen and oxygen atoms in total. The van der Waals surface area contributed by atoms with Gasteiger partial charge in [-0.2, -0.15) is 0 Å². The maximum Gasteiger partial charge on any atom is 0.264 e. The number of hydrogen-bond donors (Lipinski definition) is 1. The van der Waals surface area contributed by atoms with Crippen molar-refractivity contribution in [2.24, 2.45) is 0 Å².